The molecule has 1 aliphatic rings. The summed E-state index contributed by atoms with van der Waals surface area (Å²) in [4.78, 5) is 11.0. The van der Waals surface area contributed by atoms with Crippen molar-refractivity contribution >= 4 is 6.09 Å². The van der Waals surface area contributed by atoms with Crippen LogP contribution in [0.15, 0.2) is 0 Å². The second kappa shape index (κ2) is 3.33. The van der Waals surface area contributed by atoms with Crippen LogP contribution in [0.25, 0.3) is 0 Å². The minimum atomic E-state index is -0.282. The quantitative estimate of drug-likeness (QED) is 0.689. The molecule has 0 aromatic rings. The van der Waals surface area contributed by atoms with Gasteiger partial charge in [0.2, 0.25) is 0 Å². The van der Waals surface area contributed by atoms with E-state index < -0.39 is 0 Å². The first-order chi connectivity index (χ1) is 5.56. The Hall–Kier alpha value is -0.730. The molecule has 0 spiro atoms. The van der Waals surface area contributed by atoms with Crippen LogP contribution in [0.2, 0.25) is 0 Å². The van der Waals surface area contributed by atoms with Gasteiger partial charge in [0.1, 0.15) is 0 Å². The Kier molecular flexibility index (Phi) is 2.60. The molecular formula is C9H17NO2. The maximum Gasteiger partial charge on any atom is 0.407 e. The molecule has 1 saturated carbocycles. The van der Waals surface area contributed by atoms with E-state index in [9.17, 15) is 4.79 Å². The van der Waals surface area contributed by atoms with Crippen LogP contribution in [-0.4, -0.2) is 18.7 Å². The van der Waals surface area contributed by atoms with Gasteiger partial charge in [0.15, 0.2) is 0 Å². The van der Waals surface area contributed by atoms with Crippen molar-refractivity contribution < 1.29 is 9.53 Å². The number of amides is 1. The van der Waals surface area contributed by atoms with Gasteiger partial charge in [-0.3, -0.25) is 0 Å². The molecule has 70 valence electrons. The van der Waals surface area contributed by atoms with Crippen LogP contribution in [0.5, 0.6) is 0 Å². The molecule has 0 saturated heterocycles. The number of alkyl carbamates (subject to hydrolysis) is 1. The Morgan fingerprint density at radius 3 is 2.67 bits per heavy atom. The summed E-state index contributed by atoms with van der Waals surface area (Å²) in [5.41, 5.74) is 0.257. The lowest BCUT2D eigenvalue weighted by atomic mass is 9.67. The first-order valence-corrected chi connectivity index (χ1v) is 4.49. The average molecular weight is 171 g/mol. The van der Waals surface area contributed by atoms with Crippen molar-refractivity contribution in [1.29, 1.82) is 0 Å². The Morgan fingerprint density at radius 2 is 2.33 bits per heavy atom. The standard InChI is InChI=1S/C9H17NO2/c1-4-12-8(11)10-7-5-6-9(7,2)3/h7H,4-6H2,1-3H3,(H,10,11). The van der Waals surface area contributed by atoms with E-state index in [2.05, 4.69) is 19.2 Å². The molecule has 1 fully saturated rings. The van der Waals surface area contributed by atoms with Gasteiger partial charge in [-0.15, -0.1) is 0 Å². The molecule has 1 amide bonds. The maximum absolute atomic E-state index is 11.0. The highest BCUT2D eigenvalue weighted by Crippen LogP contribution is 2.39. The molecule has 1 atom stereocenters. The van der Waals surface area contributed by atoms with Crippen LogP contribution in [0.3, 0.4) is 0 Å². The van der Waals surface area contributed by atoms with Gasteiger partial charge in [0.05, 0.1) is 6.61 Å². The van der Waals surface area contributed by atoms with E-state index in [0.717, 1.165) is 6.42 Å². The fourth-order valence-corrected chi connectivity index (χ4v) is 1.45. The van der Waals surface area contributed by atoms with Crippen LogP contribution in [0, 0.1) is 5.41 Å². The third kappa shape index (κ3) is 1.90. The second-order valence-electron chi connectivity index (χ2n) is 3.94. The molecule has 0 bridgehead atoms. The van der Waals surface area contributed by atoms with Crippen molar-refractivity contribution in [2.24, 2.45) is 5.41 Å². The predicted octanol–water partition coefficient (Wildman–Crippen LogP) is 1.92. The van der Waals surface area contributed by atoms with Gasteiger partial charge in [-0.2, -0.15) is 0 Å². The summed E-state index contributed by atoms with van der Waals surface area (Å²) in [6, 6.07) is 0.302. The van der Waals surface area contributed by atoms with E-state index in [0.29, 0.717) is 12.6 Å². The zero-order valence-electron chi connectivity index (χ0n) is 8.02. The minimum absolute atomic E-state index is 0.257. The number of carbonyl (C=O) groups is 1. The van der Waals surface area contributed by atoms with Crippen LogP contribution in [-0.2, 0) is 4.74 Å². The minimum Gasteiger partial charge on any atom is -0.450 e. The SMILES string of the molecule is CCOC(=O)NC1CCC1(C)C. The molecule has 3 heteroatoms. The van der Waals surface area contributed by atoms with E-state index in [-0.39, 0.29) is 11.5 Å². The number of rotatable bonds is 2. The van der Waals surface area contributed by atoms with Gasteiger partial charge in [-0.1, -0.05) is 13.8 Å². The van der Waals surface area contributed by atoms with E-state index in [1.54, 1.807) is 0 Å². The maximum atomic E-state index is 11.0. The molecule has 0 radical (unpaired) electrons. The average Bonchev–Trinajstić information content (AvgIpc) is 1.99. The molecule has 0 heterocycles. The Balaban J connectivity index is 2.28. The molecule has 3 nitrogen and oxygen atoms in total. The summed E-state index contributed by atoms with van der Waals surface area (Å²) in [6.45, 7) is 6.57. The van der Waals surface area contributed by atoms with Gasteiger partial charge in [-0.05, 0) is 25.2 Å². The Labute approximate surface area is 73.5 Å². The molecule has 1 N–H and O–H groups in total. The molecular weight excluding hydrogens is 154 g/mol. The molecule has 1 aliphatic carbocycles. The third-order valence-electron chi connectivity index (χ3n) is 2.59. The van der Waals surface area contributed by atoms with Gasteiger partial charge in [0, 0.05) is 6.04 Å². The highest BCUT2D eigenvalue weighted by molar-refractivity contribution is 5.67. The molecule has 1 rings (SSSR count). The Bertz CT molecular complexity index is 177. The second-order valence-corrected chi connectivity index (χ2v) is 3.94. The van der Waals surface area contributed by atoms with Crippen LogP contribution in [0.1, 0.15) is 33.6 Å². The third-order valence-corrected chi connectivity index (χ3v) is 2.59. The van der Waals surface area contributed by atoms with E-state index in [1.807, 2.05) is 6.92 Å². The molecule has 0 aromatic carbocycles. The zero-order chi connectivity index (χ0) is 9.19. The topological polar surface area (TPSA) is 38.3 Å². The van der Waals surface area contributed by atoms with Gasteiger partial charge in [-0.25, -0.2) is 4.79 Å². The smallest absolute Gasteiger partial charge is 0.407 e. The molecule has 0 aliphatic heterocycles. The number of nitrogens with one attached hydrogen (secondary N) is 1. The molecule has 12 heavy (non-hydrogen) atoms. The lowest BCUT2D eigenvalue weighted by molar-refractivity contribution is 0.0884. The fourth-order valence-electron chi connectivity index (χ4n) is 1.45. The molecule has 1 unspecified atom stereocenters. The van der Waals surface area contributed by atoms with Gasteiger partial charge < -0.3 is 10.1 Å². The van der Waals surface area contributed by atoms with Crippen LogP contribution in [0.4, 0.5) is 4.79 Å². The Morgan fingerprint density at radius 1 is 1.67 bits per heavy atom. The zero-order valence-corrected chi connectivity index (χ0v) is 8.02. The van der Waals surface area contributed by atoms with E-state index in [1.165, 1.54) is 6.42 Å². The number of hydrogen-bond donors (Lipinski definition) is 1. The summed E-state index contributed by atoms with van der Waals surface area (Å²) >= 11 is 0. The van der Waals surface area contributed by atoms with Gasteiger partial charge in [0.25, 0.3) is 0 Å². The van der Waals surface area contributed by atoms with Crippen molar-refractivity contribution in [3.63, 3.8) is 0 Å². The number of carbonyl (C=O) groups excluding carboxylic acids is 1. The van der Waals surface area contributed by atoms with Crippen LogP contribution >= 0.6 is 0 Å². The lowest BCUT2D eigenvalue weighted by Crippen LogP contribution is -2.52. The summed E-state index contributed by atoms with van der Waals surface area (Å²) in [5.74, 6) is 0. The normalized spacial score (nSPS) is 25.8. The number of hydrogen-bond acceptors (Lipinski definition) is 2. The summed E-state index contributed by atoms with van der Waals surface area (Å²) < 4.78 is 4.79. The van der Waals surface area contributed by atoms with Crippen molar-refractivity contribution in [2.45, 2.75) is 39.7 Å². The van der Waals surface area contributed by atoms with E-state index >= 15 is 0 Å². The van der Waals surface area contributed by atoms with Crippen LogP contribution < -0.4 is 5.32 Å². The lowest BCUT2D eigenvalue weighted by Gasteiger charge is -2.44. The first kappa shape index (κ1) is 9.36. The first-order valence-electron chi connectivity index (χ1n) is 4.49. The van der Waals surface area contributed by atoms with Crippen molar-refractivity contribution in [3.8, 4) is 0 Å². The van der Waals surface area contributed by atoms with Crippen molar-refractivity contribution in [3.05, 3.63) is 0 Å². The summed E-state index contributed by atoms with van der Waals surface area (Å²) in [5, 5.41) is 2.85. The largest absolute Gasteiger partial charge is 0.450 e. The highest BCUT2D eigenvalue weighted by Gasteiger charge is 2.39. The summed E-state index contributed by atoms with van der Waals surface area (Å²) in [6.07, 6.45) is 1.98. The fraction of sp³-hybridized carbons (Fsp3) is 0.889. The van der Waals surface area contributed by atoms with Crippen molar-refractivity contribution in [1.82, 2.24) is 5.32 Å². The van der Waals surface area contributed by atoms with Gasteiger partial charge >= 0.3 is 6.09 Å². The predicted molar refractivity (Wildman–Crippen MR) is 47.0 cm³/mol. The van der Waals surface area contributed by atoms with E-state index in [4.69, 9.17) is 4.74 Å². The summed E-state index contributed by atoms with van der Waals surface area (Å²) in [7, 11) is 0. The monoisotopic (exact) mass is 171 g/mol. The number of ether oxygens (including phenoxy) is 1. The molecule has 0 aromatic heterocycles. The highest BCUT2D eigenvalue weighted by atomic mass is 16.5. The van der Waals surface area contributed by atoms with Crippen molar-refractivity contribution in [2.75, 3.05) is 6.61 Å².